The first kappa shape index (κ1) is 17.7. The molecule has 0 spiro atoms. The van der Waals surface area contributed by atoms with E-state index in [0.29, 0.717) is 22.0 Å². The van der Waals surface area contributed by atoms with Crippen molar-refractivity contribution < 1.29 is 9.59 Å². The Morgan fingerprint density at radius 3 is 2.54 bits per heavy atom. The lowest BCUT2D eigenvalue weighted by molar-refractivity contribution is -0.119. The average molecular weight is 346 g/mol. The molecule has 2 aromatic rings. The van der Waals surface area contributed by atoms with E-state index in [1.807, 2.05) is 19.1 Å². The minimum absolute atomic E-state index is 0.0134. The van der Waals surface area contributed by atoms with E-state index in [1.54, 1.807) is 26.0 Å². The van der Waals surface area contributed by atoms with Gasteiger partial charge in [-0.25, -0.2) is 4.98 Å². The molecule has 1 aromatic heterocycles. The number of benzene rings is 1. The number of hydrazine groups is 1. The van der Waals surface area contributed by atoms with Gasteiger partial charge in [0.1, 0.15) is 0 Å². The number of rotatable bonds is 4. The van der Waals surface area contributed by atoms with Gasteiger partial charge in [0, 0.05) is 16.8 Å². The van der Waals surface area contributed by atoms with E-state index < -0.39 is 5.91 Å². The van der Waals surface area contributed by atoms with Crippen LogP contribution in [0, 0.1) is 20.8 Å². The fourth-order valence-electron chi connectivity index (χ4n) is 1.88. The summed E-state index contributed by atoms with van der Waals surface area (Å²) in [5.41, 5.74) is 6.96. The quantitative estimate of drug-likeness (QED) is 0.439. The summed E-state index contributed by atoms with van der Waals surface area (Å²) in [7, 11) is 0. The summed E-state index contributed by atoms with van der Waals surface area (Å²) in [4.78, 5) is 42.2. The van der Waals surface area contributed by atoms with Gasteiger partial charge in [-0.2, -0.15) is 0 Å². The third-order valence-corrected chi connectivity index (χ3v) is 4.29. The van der Waals surface area contributed by atoms with E-state index in [-0.39, 0.29) is 17.2 Å². The molecular weight excluding hydrogens is 328 g/mol. The summed E-state index contributed by atoms with van der Waals surface area (Å²) < 4.78 is 0. The summed E-state index contributed by atoms with van der Waals surface area (Å²) in [5, 5.41) is 0.364. The average Bonchev–Trinajstić information content (AvgIpc) is 2.56. The number of carbonyl (C=O) groups excluding carboxylic acids is 2. The molecule has 1 aromatic carbocycles. The van der Waals surface area contributed by atoms with Gasteiger partial charge in [-0.3, -0.25) is 25.2 Å². The highest BCUT2D eigenvalue weighted by Gasteiger charge is 2.11. The van der Waals surface area contributed by atoms with Crippen LogP contribution in [0.2, 0.25) is 0 Å². The van der Waals surface area contributed by atoms with Gasteiger partial charge in [0.15, 0.2) is 5.16 Å². The van der Waals surface area contributed by atoms with E-state index in [0.717, 1.165) is 17.3 Å². The highest BCUT2D eigenvalue weighted by molar-refractivity contribution is 7.99. The fraction of sp³-hybridized carbons (Fsp3) is 0.250. The largest absolute Gasteiger partial charge is 0.301 e. The maximum Gasteiger partial charge on any atom is 0.269 e. The second-order valence-electron chi connectivity index (χ2n) is 5.19. The summed E-state index contributed by atoms with van der Waals surface area (Å²) in [6, 6.07) is 7.07. The minimum Gasteiger partial charge on any atom is -0.301 e. The number of aromatic amines is 1. The number of aromatic nitrogens is 2. The maximum atomic E-state index is 12.0. The Hall–Kier alpha value is -2.61. The van der Waals surface area contributed by atoms with Crippen molar-refractivity contribution >= 4 is 23.6 Å². The molecule has 2 amide bonds. The van der Waals surface area contributed by atoms with Crippen molar-refractivity contribution in [1.82, 2.24) is 20.8 Å². The molecule has 0 aliphatic rings. The number of thioether (sulfide) groups is 1. The lowest BCUT2D eigenvalue weighted by Gasteiger charge is -2.09. The van der Waals surface area contributed by atoms with Crippen LogP contribution in [-0.2, 0) is 4.79 Å². The number of H-pyrrole nitrogens is 1. The molecule has 0 radical (unpaired) electrons. The maximum absolute atomic E-state index is 12.0. The Morgan fingerprint density at radius 2 is 1.88 bits per heavy atom. The van der Waals surface area contributed by atoms with Crippen LogP contribution in [0.25, 0.3) is 0 Å². The van der Waals surface area contributed by atoms with E-state index in [1.165, 1.54) is 0 Å². The number of carbonyl (C=O) groups is 2. The van der Waals surface area contributed by atoms with Crippen molar-refractivity contribution in [2.75, 3.05) is 5.75 Å². The zero-order valence-electron chi connectivity index (χ0n) is 13.6. The molecule has 2 rings (SSSR count). The van der Waals surface area contributed by atoms with Gasteiger partial charge < -0.3 is 4.98 Å². The Morgan fingerprint density at radius 1 is 1.17 bits per heavy atom. The van der Waals surface area contributed by atoms with Crippen molar-refractivity contribution in [3.63, 3.8) is 0 Å². The number of hydrogen-bond acceptors (Lipinski definition) is 5. The lowest BCUT2D eigenvalue weighted by atomic mass is 10.1. The van der Waals surface area contributed by atoms with E-state index >= 15 is 0 Å². The smallest absolute Gasteiger partial charge is 0.269 e. The van der Waals surface area contributed by atoms with E-state index in [2.05, 4.69) is 20.8 Å². The molecule has 0 unspecified atom stereocenters. The molecule has 1 heterocycles. The zero-order chi connectivity index (χ0) is 17.7. The fourth-order valence-corrected chi connectivity index (χ4v) is 2.59. The topological polar surface area (TPSA) is 104 Å². The monoisotopic (exact) mass is 346 g/mol. The van der Waals surface area contributed by atoms with Gasteiger partial charge in [-0.15, -0.1) is 0 Å². The van der Waals surface area contributed by atoms with Gasteiger partial charge in [-0.05, 0) is 32.4 Å². The molecule has 24 heavy (non-hydrogen) atoms. The van der Waals surface area contributed by atoms with E-state index in [9.17, 15) is 14.4 Å². The highest BCUT2D eigenvalue weighted by Crippen LogP contribution is 2.11. The normalized spacial score (nSPS) is 10.3. The number of nitrogens with one attached hydrogen (secondary N) is 3. The SMILES string of the molecule is Cc1ccccc1C(=O)NNC(=O)CSc1nc(C)c(C)c(=O)[nH]1. The van der Waals surface area contributed by atoms with E-state index in [4.69, 9.17) is 0 Å². The Kier molecular flexibility index (Phi) is 5.75. The number of nitrogens with zero attached hydrogens (tertiary/aromatic N) is 1. The minimum atomic E-state index is -0.400. The highest BCUT2D eigenvalue weighted by atomic mass is 32.2. The van der Waals surface area contributed by atoms with Crippen molar-refractivity contribution in [3.8, 4) is 0 Å². The Labute approximate surface area is 143 Å². The summed E-state index contributed by atoms with van der Waals surface area (Å²) >= 11 is 1.09. The molecule has 0 bridgehead atoms. The lowest BCUT2D eigenvalue weighted by Crippen LogP contribution is -2.42. The Bertz CT molecular complexity index is 832. The number of aryl methyl sites for hydroxylation is 2. The van der Waals surface area contributed by atoms with Crippen LogP contribution in [0.3, 0.4) is 0 Å². The molecule has 0 aliphatic carbocycles. The summed E-state index contributed by atoms with van der Waals surface area (Å²) in [6.45, 7) is 5.23. The van der Waals surface area contributed by atoms with Crippen molar-refractivity contribution in [2.24, 2.45) is 0 Å². The predicted molar refractivity (Wildman–Crippen MR) is 91.8 cm³/mol. The first-order valence-corrected chi connectivity index (χ1v) is 8.22. The molecule has 8 heteroatoms. The molecule has 0 fully saturated rings. The number of hydrogen-bond donors (Lipinski definition) is 3. The van der Waals surface area contributed by atoms with Crippen molar-refractivity contribution in [3.05, 3.63) is 57.0 Å². The molecule has 0 atom stereocenters. The Balaban J connectivity index is 1.87. The third-order valence-electron chi connectivity index (χ3n) is 3.42. The summed E-state index contributed by atoms with van der Waals surface area (Å²) in [5.74, 6) is -0.772. The van der Waals surface area contributed by atoms with Gasteiger partial charge in [0.2, 0.25) is 5.91 Å². The molecule has 126 valence electrons. The molecule has 0 saturated heterocycles. The molecular formula is C16H18N4O3S. The van der Waals surface area contributed by atoms with Gasteiger partial charge in [0.05, 0.1) is 5.75 Å². The summed E-state index contributed by atoms with van der Waals surface area (Å²) in [6.07, 6.45) is 0. The van der Waals surface area contributed by atoms with Gasteiger partial charge in [-0.1, -0.05) is 30.0 Å². The van der Waals surface area contributed by atoms with Crippen LogP contribution in [-0.4, -0.2) is 27.5 Å². The standard InChI is InChI=1S/C16H18N4O3S/c1-9-6-4-5-7-12(9)15(23)20-19-13(21)8-24-16-17-11(3)10(2)14(22)18-16/h4-7H,8H2,1-3H3,(H,19,21)(H,20,23)(H,17,18,22). The van der Waals surface area contributed by atoms with Crippen LogP contribution in [0.5, 0.6) is 0 Å². The first-order valence-electron chi connectivity index (χ1n) is 7.23. The van der Waals surface area contributed by atoms with Crippen LogP contribution >= 0.6 is 11.8 Å². The van der Waals surface area contributed by atoms with Gasteiger partial charge in [0.25, 0.3) is 11.5 Å². The van der Waals surface area contributed by atoms with Gasteiger partial charge >= 0.3 is 0 Å². The number of amides is 2. The van der Waals surface area contributed by atoms with Crippen molar-refractivity contribution in [1.29, 1.82) is 0 Å². The third kappa shape index (κ3) is 4.45. The molecule has 0 saturated carbocycles. The van der Waals surface area contributed by atoms with Crippen LogP contribution < -0.4 is 16.4 Å². The van der Waals surface area contributed by atoms with Crippen LogP contribution in [0.4, 0.5) is 0 Å². The predicted octanol–water partition coefficient (Wildman–Crippen LogP) is 1.25. The second-order valence-corrected chi connectivity index (χ2v) is 6.15. The van der Waals surface area contributed by atoms with Crippen LogP contribution in [0.15, 0.2) is 34.2 Å². The van der Waals surface area contributed by atoms with Crippen molar-refractivity contribution in [2.45, 2.75) is 25.9 Å². The zero-order valence-corrected chi connectivity index (χ0v) is 14.4. The molecule has 7 nitrogen and oxygen atoms in total. The molecule has 0 aliphatic heterocycles. The second kappa shape index (κ2) is 7.78. The molecule has 3 N–H and O–H groups in total. The van der Waals surface area contributed by atoms with Crippen LogP contribution in [0.1, 0.15) is 27.2 Å². The first-order chi connectivity index (χ1) is 11.4.